The van der Waals surface area contributed by atoms with Gasteiger partial charge in [0.2, 0.25) is 8.32 Å². The Bertz CT molecular complexity index is 1190. The van der Waals surface area contributed by atoms with Gasteiger partial charge in [0, 0.05) is 12.1 Å². The fourth-order valence-corrected chi connectivity index (χ4v) is 13.2. The first kappa shape index (κ1) is 37.3. The molecule has 4 nitrogen and oxygen atoms in total. The molecule has 1 unspecified atom stereocenters. The molecule has 0 saturated carbocycles. The molecule has 8 heteroatoms. The highest BCUT2D eigenvalue weighted by molar-refractivity contribution is 6.77. The molecule has 0 amide bonds. The largest absolute Gasteiger partial charge is 0.481 e. The van der Waals surface area contributed by atoms with Gasteiger partial charge in [-0.05, 0) is 89.5 Å². The molecule has 0 radical (unpaired) electrons. The number of rotatable bonds is 14. The van der Waals surface area contributed by atoms with E-state index in [-0.39, 0.29) is 18.0 Å². The van der Waals surface area contributed by atoms with Gasteiger partial charge >= 0.3 is 12.1 Å². The SMILES string of the molecule is CC(C)CC[C@H](c1ccc(CO[Si](C(C)C)(C(C)C)C(C)C)cc1)N1CC[C@@H](C(C)C(=O)O)C[C@H]1c1ccc(C(F)(F)F)cc1. The number of piperidine rings is 1. The van der Waals surface area contributed by atoms with Crippen molar-refractivity contribution in [2.24, 2.45) is 17.8 Å². The van der Waals surface area contributed by atoms with E-state index in [0.29, 0.717) is 42.1 Å². The summed E-state index contributed by atoms with van der Waals surface area (Å²) in [5, 5.41) is 9.78. The lowest BCUT2D eigenvalue weighted by atomic mass is 9.78. The van der Waals surface area contributed by atoms with Crippen LogP contribution in [0.2, 0.25) is 16.6 Å². The zero-order valence-electron chi connectivity index (χ0n) is 28.8. The zero-order chi connectivity index (χ0) is 33.7. The topological polar surface area (TPSA) is 49.8 Å². The van der Waals surface area contributed by atoms with Crippen molar-refractivity contribution in [2.75, 3.05) is 6.54 Å². The first-order chi connectivity index (χ1) is 21.0. The zero-order valence-corrected chi connectivity index (χ0v) is 29.8. The van der Waals surface area contributed by atoms with Crippen LogP contribution < -0.4 is 0 Å². The van der Waals surface area contributed by atoms with E-state index in [1.165, 1.54) is 5.56 Å². The second-order valence-corrected chi connectivity index (χ2v) is 20.1. The molecule has 0 bridgehead atoms. The van der Waals surface area contributed by atoms with Crippen LogP contribution in [-0.2, 0) is 22.0 Å². The van der Waals surface area contributed by atoms with E-state index in [1.54, 1.807) is 19.1 Å². The Balaban J connectivity index is 1.96. The number of hydrogen-bond donors (Lipinski definition) is 1. The van der Waals surface area contributed by atoms with Crippen molar-refractivity contribution in [1.82, 2.24) is 4.90 Å². The highest BCUT2D eigenvalue weighted by Crippen LogP contribution is 2.45. The Labute approximate surface area is 270 Å². The number of alkyl halides is 3. The number of carbonyl (C=O) groups is 1. The van der Waals surface area contributed by atoms with Crippen molar-refractivity contribution in [3.8, 4) is 0 Å². The fourth-order valence-electron chi connectivity index (χ4n) is 7.82. The van der Waals surface area contributed by atoms with Crippen molar-refractivity contribution in [2.45, 2.75) is 129 Å². The van der Waals surface area contributed by atoms with Crippen LogP contribution in [0.1, 0.15) is 122 Å². The van der Waals surface area contributed by atoms with E-state index in [4.69, 9.17) is 4.43 Å². The van der Waals surface area contributed by atoms with Crippen LogP contribution in [0.4, 0.5) is 13.2 Å². The number of nitrogens with zero attached hydrogens (tertiary/aromatic N) is 1. The second kappa shape index (κ2) is 15.6. The second-order valence-electron chi connectivity index (χ2n) is 14.6. The molecule has 1 fully saturated rings. The average molecular weight is 648 g/mol. The molecule has 252 valence electrons. The van der Waals surface area contributed by atoms with Crippen LogP contribution in [0, 0.1) is 17.8 Å². The number of benzene rings is 2. The fraction of sp³-hybridized carbons (Fsp3) is 0.649. The van der Waals surface area contributed by atoms with Gasteiger partial charge in [-0.3, -0.25) is 9.69 Å². The van der Waals surface area contributed by atoms with Crippen LogP contribution in [0.15, 0.2) is 48.5 Å². The molecule has 45 heavy (non-hydrogen) atoms. The molecule has 4 atom stereocenters. The number of hydrogen-bond acceptors (Lipinski definition) is 3. The van der Waals surface area contributed by atoms with E-state index in [0.717, 1.165) is 42.5 Å². The summed E-state index contributed by atoms with van der Waals surface area (Å²) in [7, 11) is -2.00. The summed E-state index contributed by atoms with van der Waals surface area (Å²) in [6, 6.07) is 14.1. The quantitative estimate of drug-likeness (QED) is 0.207. The van der Waals surface area contributed by atoms with Gasteiger partial charge in [0.05, 0.1) is 18.1 Å². The van der Waals surface area contributed by atoms with Gasteiger partial charge in [0.15, 0.2) is 0 Å². The number of halogens is 3. The molecular formula is C37H56F3NO3Si. The number of carboxylic acid groups (broad SMARTS) is 1. The predicted octanol–water partition coefficient (Wildman–Crippen LogP) is 11.0. The summed E-state index contributed by atoms with van der Waals surface area (Å²) in [5.41, 5.74) is 3.98. The Kier molecular flexibility index (Phi) is 12.9. The smallest absolute Gasteiger partial charge is 0.416 e. The summed E-state index contributed by atoms with van der Waals surface area (Å²) >= 11 is 0. The maximum Gasteiger partial charge on any atom is 0.416 e. The third-order valence-electron chi connectivity index (χ3n) is 10.4. The van der Waals surface area contributed by atoms with E-state index >= 15 is 0 Å². The Hall–Kier alpha value is -2.16. The normalized spacial score (nSPS) is 19.9. The molecule has 0 aromatic heterocycles. The average Bonchev–Trinajstić information content (AvgIpc) is 2.96. The summed E-state index contributed by atoms with van der Waals surface area (Å²) in [6.45, 7) is 21.2. The van der Waals surface area contributed by atoms with Gasteiger partial charge in [0.1, 0.15) is 0 Å². The molecule has 2 aromatic rings. The van der Waals surface area contributed by atoms with Crippen molar-refractivity contribution in [3.05, 3.63) is 70.8 Å². The third kappa shape index (κ3) is 9.01. The summed E-state index contributed by atoms with van der Waals surface area (Å²) in [5.74, 6) is -0.900. The van der Waals surface area contributed by atoms with Crippen molar-refractivity contribution >= 4 is 14.3 Å². The first-order valence-corrected chi connectivity index (χ1v) is 19.0. The van der Waals surface area contributed by atoms with Crippen molar-refractivity contribution < 1.29 is 27.5 Å². The Morgan fingerprint density at radius 3 is 1.91 bits per heavy atom. The van der Waals surface area contributed by atoms with Gasteiger partial charge in [-0.15, -0.1) is 0 Å². The third-order valence-corrected chi connectivity index (χ3v) is 16.4. The molecule has 1 aliphatic heterocycles. The lowest BCUT2D eigenvalue weighted by Gasteiger charge is -2.45. The van der Waals surface area contributed by atoms with Gasteiger partial charge in [-0.25, -0.2) is 0 Å². The maximum absolute atomic E-state index is 13.4. The van der Waals surface area contributed by atoms with Crippen molar-refractivity contribution in [3.63, 3.8) is 0 Å². The number of carboxylic acids is 1. The summed E-state index contributed by atoms with van der Waals surface area (Å²) in [6.07, 6.45) is -1.16. The van der Waals surface area contributed by atoms with Crippen LogP contribution in [-0.4, -0.2) is 30.8 Å². The predicted molar refractivity (Wildman–Crippen MR) is 180 cm³/mol. The van der Waals surface area contributed by atoms with E-state index in [1.807, 2.05) is 0 Å². The molecule has 0 aliphatic carbocycles. The minimum Gasteiger partial charge on any atom is -0.481 e. The summed E-state index contributed by atoms with van der Waals surface area (Å²) in [4.78, 5) is 14.3. The highest BCUT2D eigenvalue weighted by atomic mass is 28.4. The minimum absolute atomic E-state index is 0.0522. The van der Waals surface area contributed by atoms with Gasteiger partial charge in [0.25, 0.3) is 0 Å². The standard InChI is InChI=1S/C37H56F3NO3Si/c1-24(2)10-19-34(30-13-11-29(12-14-30)23-44-45(25(3)4,26(5)6)27(7)8)41-21-20-32(28(9)36(42)43)22-35(41)31-15-17-33(18-16-31)37(38,39)40/h11-18,24-28,32,34-35H,10,19-23H2,1-9H3,(H,42,43)/t28?,32-,34-,35+/m1/s1. The first-order valence-electron chi connectivity index (χ1n) is 16.9. The minimum atomic E-state index is -4.40. The van der Waals surface area contributed by atoms with Gasteiger partial charge in [-0.2, -0.15) is 13.2 Å². The molecule has 1 aliphatic rings. The number of likely N-dealkylation sites (tertiary alicyclic amines) is 1. The molecule has 0 spiro atoms. The van der Waals surface area contributed by atoms with Crippen LogP contribution in [0.5, 0.6) is 0 Å². The molecule has 1 heterocycles. The van der Waals surface area contributed by atoms with E-state index in [2.05, 4.69) is 84.6 Å². The Morgan fingerprint density at radius 2 is 1.44 bits per heavy atom. The van der Waals surface area contributed by atoms with Gasteiger partial charge in [-0.1, -0.05) is 98.7 Å². The molecule has 1 N–H and O–H groups in total. The Morgan fingerprint density at radius 1 is 0.889 bits per heavy atom. The molecule has 3 rings (SSSR count). The van der Waals surface area contributed by atoms with Gasteiger partial charge < -0.3 is 9.53 Å². The van der Waals surface area contributed by atoms with Crippen LogP contribution in [0.25, 0.3) is 0 Å². The van der Waals surface area contributed by atoms with Crippen molar-refractivity contribution in [1.29, 1.82) is 0 Å². The van der Waals surface area contributed by atoms with E-state index < -0.39 is 31.9 Å². The maximum atomic E-state index is 13.4. The highest BCUT2D eigenvalue weighted by Gasteiger charge is 2.45. The monoisotopic (exact) mass is 647 g/mol. The molecule has 2 aromatic carbocycles. The summed E-state index contributed by atoms with van der Waals surface area (Å²) < 4.78 is 47.1. The molecular weight excluding hydrogens is 591 g/mol. The van der Waals surface area contributed by atoms with Crippen LogP contribution >= 0.6 is 0 Å². The number of aliphatic carboxylic acids is 1. The van der Waals surface area contributed by atoms with E-state index in [9.17, 15) is 23.1 Å². The lowest BCUT2D eigenvalue weighted by molar-refractivity contribution is -0.144. The lowest BCUT2D eigenvalue weighted by Crippen LogP contribution is -2.47. The van der Waals surface area contributed by atoms with Crippen LogP contribution in [0.3, 0.4) is 0 Å². The molecule has 1 saturated heterocycles.